The molecule has 0 bridgehead atoms. The Morgan fingerprint density at radius 1 is 1.08 bits per heavy atom. The number of hydrogen-bond acceptors (Lipinski definition) is 4. The van der Waals surface area contributed by atoms with Gasteiger partial charge >= 0.3 is 0 Å². The molecule has 0 radical (unpaired) electrons. The second-order valence-corrected chi connectivity index (χ2v) is 7.90. The Morgan fingerprint density at radius 2 is 1.84 bits per heavy atom. The number of thioether (sulfide) groups is 1. The summed E-state index contributed by atoms with van der Waals surface area (Å²) >= 11 is 3.18. The Morgan fingerprint density at radius 3 is 2.52 bits per heavy atom. The summed E-state index contributed by atoms with van der Waals surface area (Å²) in [5.41, 5.74) is 1.88. The highest BCUT2D eigenvalue weighted by Gasteiger charge is 2.38. The molecule has 7 heteroatoms. The minimum atomic E-state index is -0.163. The largest absolute Gasteiger partial charge is 0.295 e. The van der Waals surface area contributed by atoms with Crippen molar-refractivity contribution in [2.75, 3.05) is 10.7 Å². The molecule has 0 aliphatic carbocycles. The van der Waals surface area contributed by atoms with Crippen LogP contribution >= 0.6 is 23.1 Å². The first-order valence-corrected chi connectivity index (χ1v) is 9.83. The Labute approximate surface area is 153 Å². The van der Waals surface area contributed by atoms with Crippen molar-refractivity contribution in [2.24, 2.45) is 7.05 Å². The minimum Gasteiger partial charge on any atom is -0.287 e. The smallest absolute Gasteiger partial charge is 0.287 e. The van der Waals surface area contributed by atoms with E-state index in [4.69, 9.17) is 0 Å². The van der Waals surface area contributed by atoms with Gasteiger partial charge in [-0.2, -0.15) is 0 Å². The molecule has 1 saturated heterocycles. The predicted octanol–water partition coefficient (Wildman–Crippen LogP) is 3.32. The van der Waals surface area contributed by atoms with Crippen LogP contribution in [-0.4, -0.2) is 21.0 Å². The molecule has 0 N–H and O–H groups in total. The summed E-state index contributed by atoms with van der Waals surface area (Å²) in [6, 6.07) is 13.5. The Balaban J connectivity index is 1.88. The fourth-order valence-corrected chi connectivity index (χ4v) is 5.26. The van der Waals surface area contributed by atoms with Crippen molar-refractivity contribution in [3.63, 3.8) is 0 Å². The number of aromatic nitrogens is 2. The topological polar surface area (TPSA) is 47.2 Å². The van der Waals surface area contributed by atoms with Gasteiger partial charge in [0.15, 0.2) is 0 Å². The zero-order chi connectivity index (χ0) is 17.6. The van der Waals surface area contributed by atoms with Crippen LogP contribution in [0.2, 0.25) is 0 Å². The first-order valence-electron chi connectivity index (χ1n) is 7.90. The van der Waals surface area contributed by atoms with Crippen LogP contribution < -0.4 is 10.5 Å². The number of carbonyl (C=O) groups excluding carboxylic acids is 1. The summed E-state index contributed by atoms with van der Waals surface area (Å²) in [5, 5.41) is 1.86. The molecule has 2 aromatic heterocycles. The molecule has 3 heterocycles. The maximum Gasteiger partial charge on any atom is 0.295 e. The summed E-state index contributed by atoms with van der Waals surface area (Å²) < 4.78 is 3.43. The van der Waals surface area contributed by atoms with Crippen molar-refractivity contribution in [3.8, 4) is 5.69 Å². The van der Waals surface area contributed by atoms with Crippen molar-refractivity contribution in [2.45, 2.75) is 12.3 Å². The van der Waals surface area contributed by atoms with E-state index < -0.39 is 0 Å². The standard InChI is InChI=1S/C18H17N3O2S2/c1-12-16(17(23)21(19(12)2)13-7-4-3-5-8-13)20-15(22)11-25-18(20)14-9-6-10-24-14/h3-10,18H,11H2,1-2H3/t18-/m1/s1. The number of anilines is 1. The highest BCUT2D eigenvalue weighted by Crippen LogP contribution is 2.43. The average molecular weight is 371 g/mol. The zero-order valence-corrected chi connectivity index (χ0v) is 15.5. The molecule has 1 aliphatic rings. The zero-order valence-electron chi connectivity index (χ0n) is 13.9. The lowest BCUT2D eigenvalue weighted by atomic mass is 10.3. The highest BCUT2D eigenvalue weighted by atomic mass is 32.2. The number of rotatable bonds is 3. The van der Waals surface area contributed by atoms with Crippen LogP contribution in [0, 0.1) is 6.92 Å². The number of thiophene rings is 1. The number of para-hydroxylation sites is 1. The predicted molar refractivity (Wildman–Crippen MR) is 103 cm³/mol. The van der Waals surface area contributed by atoms with E-state index in [0.717, 1.165) is 16.3 Å². The lowest BCUT2D eigenvalue weighted by molar-refractivity contribution is -0.115. The van der Waals surface area contributed by atoms with Gasteiger partial charge in [0.1, 0.15) is 11.1 Å². The van der Waals surface area contributed by atoms with Gasteiger partial charge in [0.2, 0.25) is 5.91 Å². The quantitative estimate of drug-likeness (QED) is 0.710. The van der Waals surface area contributed by atoms with E-state index in [1.165, 1.54) is 0 Å². The number of nitrogens with zero attached hydrogens (tertiary/aromatic N) is 3. The summed E-state index contributed by atoms with van der Waals surface area (Å²) in [5.74, 6) is 0.371. The molecule has 1 amide bonds. The Bertz CT molecular complexity index is 974. The van der Waals surface area contributed by atoms with Gasteiger partial charge in [-0.25, -0.2) is 4.68 Å². The van der Waals surface area contributed by atoms with Crippen molar-refractivity contribution in [1.82, 2.24) is 9.36 Å². The minimum absolute atomic E-state index is 0.0191. The van der Waals surface area contributed by atoms with Crippen molar-refractivity contribution in [3.05, 3.63) is 68.8 Å². The van der Waals surface area contributed by atoms with Crippen LogP contribution in [0.3, 0.4) is 0 Å². The first-order chi connectivity index (χ1) is 12.1. The number of hydrogen-bond donors (Lipinski definition) is 0. The molecule has 4 rings (SSSR count). The fraction of sp³-hybridized carbons (Fsp3) is 0.222. The van der Waals surface area contributed by atoms with Gasteiger partial charge in [-0.05, 0) is 30.5 Å². The molecule has 0 saturated carbocycles. The lowest BCUT2D eigenvalue weighted by Gasteiger charge is -2.21. The maximum atomic E-state index is 13.2. The fourth-order valence-electron chi connectivity index (χ4n) is 3.14. The van der Waals surface area contributed by atoms with Crippen LogP contribution in [0.15, 0.2) is 52.6 Å². The highest BCUT2D eigenvalue weighted by molar-refractivity contribution is 8.01. The van der Waals surface area contributed by atoms with Gasteiger partial charge in [-0.15, -0.1) is 23.1 Å². The molecule has 0 unspecified atom stereocenters. The van der Waals surface area contributed by atoms with Gasteiger partial charge in [0.05, 0.1) is 17.1 Å². The van der Waals surface area contributed by atoms with Crippen molar-refractivity contribution < 1.29 is 4.79 Å². The van der Waals surface area contributed by atoms with E-state index in [0.29, 0.717) is 11.4 Å². The van der Waals surface area contributed by atoms with Gasteiger partial charge in [-0.3, -0.25) is 19.2 Å². The first kappa shape index (κ1) is 16.2. The van der Waals surface area contributed by atoms with E-state index in [9.17, 15) is 9.59 Å². The summed E-state index contributed by atoms with van der Waals surface area (Å²) in [7, 11) is 1.85. The van der Waals surface area contributed by atoms with E-state index in [-0.39, 0.29) is 16.8 Å². The molecule has 1 fully saturated rings. The average Bonchev–Trinajstić information content (AvgIpc) is 3.30. The number of carbonyl (C=O) groups is 1. The van der Waals surface area contributed by atoms with E-state index in [1.54, 1.807) is 32.7 Å². The second-order valence-electron chi connectivity index (χ2n) is 5.85. The number of amides is 1. The molecular weight excluding hydrogens is 354 g/mol. The third-order valence-corrected chi connectivity index (χ3v) is 6.69. The third-order valence-electron chi connectivity index (χ3n) is 4.42. The monoisotopic (exact) mass is 371 g/mol. The van der Waals surface area contributed by atoms with Gasteiger partial charge in [-0.1, -0.05) is 24.3 Å². The Kier molecular flexibility index (Phi) is 4.05. The van der Waals surface area contributed by atoms with Crippen LogP contribution in [0.5, 0.6) is 0 Å². The normalized spacial score (nSPS) is 17.4. The molecule has 0 spiro atoms. The summed E-state index contributed by atoms with van der Waals surface area (Å²) in [6.07, 6.45) is 0. The second kappa shape index (κ2) is 6.24. The molecule has 25 heavy (non-hydrogen) atoms. The van der Waals surface area contributed by atoms with Gasteiger partial charge < -0.3 is 0 Å². The van der Waals surface area contributed by atoms with E-state index in [2.05, 4.69) is 0 Å². The van der Waals surface area contributed by atoms with Crippen LogP contribution in [0.4, 0.5) is 5.69 Å². The van der Waals surface area contributed by atoms with Gasteiger partial charge in [0.25, 0.3) is 5.56 Å². The Hall–Kier alpha value is -2.25. The molecule has 1 aliphatic heterocycles. The molecule has 5 nitrogen and oxygen atoms in total. The molecule has 3 aromatic rings. The van der Waals surface area contributed by atoms with Crippen LogP contribution in [-0.2, 0) is 11.8 Å². The van der Waals surface area contributed by atoms with Crippen molar-refractivity contribution in [1.29, 1.82) is 0 Å². The van der Waals surface area contributed by atoms with E-state index >= 15 is 0 Å². The SMILES string of the molecule is Cc1c(N2C(=O)CS[C@@H]2c2cccs2)c(=O)n(-c2ccccc2)n1C. The van der Waals surface area contributed by atoms with Gasteiger partial charge in [0, 0.05) is 11.9 Å². The van der Waals surface area contributed by atoms with Crippen LogP contribution in [0.1, 0.15) is 15.9 Å². The molecular formula is C18H17N3O2S2. The molecule has 128 valence electrons. The molecule has 1 aromatic carbocycles. The van der Waals surface area contributed by atoms with Crippen molar-refractivity contribution >= 4 is 34.7 Å². The number of benzene rings is 1. The molecule has 1 atom stereocenters. The van der Waals surface area contributed by atoms with Crippen LogP contribution in [0.25, 0.3) is 5.69 Å². The maximum absolute atomic E-state index is 13.2. The lowest BCUT2D eigenvalue weighted by Crippen LogP contribution is -2.32. The summed E-state index contributed by atoms with van der Waals surface area (Å²) in [6.45, 7) is 1.89. The third kappa shape index (κ3) is 2.54. The summed E-state index contributed by atoms with van der Waals surface area (Å²) in [4.78, 5) is 28.6. The van der Waals surface area contributed by atoms with E-state index in [1.807, 2.05) is 66.5 Å².